The van der Waals surface area contributed by atoms with Crippen LogP contribution < -0.4 is 15.8 Å². The summed E-state index contributed by atoms with van der Waals surface area (Å²) in [6.45, 7) is 1.65. The van der Waals surface area contributed by atoms with Crippen LogP contribution in [0.2, 0.25) is 0 Å². The highest BCUT2D eigenvalue weighted by Crippen LogP contribution is 2.26. The topological polar surface area (TPSA) is 47.3 Å². The molecule has 0 amide bonds. The molecule has 1 aliphatic rings. The average Bonchev–Trinajstić information content (AvgIpc) is 2.27. The Hall–Kier alpha value is -1.06. The number of hydrogen-bond acceptors (Lipinski definition) is 3. The highest BCUT2D eigenvalue weighted by atomic mass is 16.5. The van der Waals surface area contributed by atoms with Crippen LogP contribution in [0.25, 0.3) is 0 Å². The predicted molar refractivity (Wildman–Crippen MR) is 56.5 cm³/mol. The van der Waals surface area contributed by atoms with E-state index in [0.717, 1.165) is 18.7 Å². The third-order valence-corrected chi connectivity index (χ3v) is 2.75. The fraction of sp³-hybridized carbons (Fsp3) is 0.455. The zero-order valence-electron chi connectivity index (χ0n) is 8.42. The summed E-state index contributed by atoms with van der Waals surface area (Å²) in [7, 11) is 1.69. The van der Waals surface area contributed by atoms with E-state index in [4.69, 9.17) is 10.5 Å². The monoisotopic (exact) mass is 192 g/mol. The van der Waals surface area contributed by atoms with E-state index < -0.39 is 0 Å². The van der Waals surface area contributed by atoms with Gasteiger partial charge in [-0.1, -0.05) is 6.07 Å². The van der Waals surface area contributed by atoms with Gasteiger partial charge in [-0.15, -0.1) is 0 Å². The fourth-order valence-corrected chi connectivity index (χ4v) is 1.95. The quantitative estimate of drug-likeness (QED) is 0.730. The van der Waals surface area contributed by atoms with Crippen LogP contribution >= 0.6 is 0 Å². The Morgan fingerprint density at radius 1 is 1.57 bits per heavy atom. The van der Waals surface area contributed by atoms with Gasteiger partial charge in [-0.25, -0.2) is 0 Å². The molecular weight excluding hydrogens is 176 g/mol. The van der Waals surface area contributed by atoms with Crippen LogP contribution in [0.1, 0.15) is 17.2 Å². The van der Waals surface area contributed by atoms with Crippen molar-refractivity contribution in [2.45, 2.75) is 12.5 Å². The highest BCUT2D eigenvalue weighted by Gasteiger charge is 2.18. The first-order chi connectivity index (χ1) is 6.85. The fourth-order valence-electron chi connectivity index (χ4n) is 1.95. The second kappa shape index (κ2) is 3.98. The Balaban J connectivity index is 2.38. The van der Waals surface area contributed by atoms with Crippen LogP contribution in [0, 0.1) is 0 Å². The maximum absolute atomic E-state index is 5.71. The summed E-state index contributed by atoms with van der Waals surface area (Å²) in [5.74, 6) is 0.908. The Kier molecular flexibility index (Phi) is 2.70. The summed E-state index contributed by atoms with van der Waals surface area (Å²) in [6, 6.07) is 6.52. The van der Waals surface area contributed by atoms with Gasteiger partial charge in [0.05, 0.1) is 7.11 Å². The third kappa shape index (κ3) is 1.61. The van der Waals surface area contributed by atoms with Gasteiger partial charge in [0.25, 0.3) is 0 Å². The number of rotatable bonds is 2. The molecule has 0 saturated carbocycles. The molecular formula is C11H16N2O. The van der Waals surface area contributed by atoms with E-state index >= 15 is 0 Å². The standard InChI is InChI=1S/C11H16N2O/c1-14-9-3-2-8-4-5-13-11(7-12)10(8)6-9/h2-3,6,11,13H,4-5,7,12H2,1H3. The van der Waals surface area contributed by atoms with Gasteiger partial charge < -0.3 is 15.8 Å². The minimum atomic E-state index is 0.286. The molecule has 0 bridgehead atoms. The molecule has 2 rings (SSSR count). The average molecular weight is 192 g/mol. The number of nitrogens with two attached hydrogens (primary N) is 1. The van der Waals surface area contributed by atoms with Crippen molar-refractivity contribution < 1.29 is 4.74 Å². The molecule has 3 nitrogen and oxygen atoms in total. The van der Waals surface area contributed by atoms with E-state index in [2.05, 4.69) is 17.4 Å². The molecule has 1 heterocycles. The summed E-state index contributed by atoms with van der Waals surface area (Å²) in [6.07, 6.45) is 1.08. The number of fused-ring (bicyclic) bond motifs is 1. The van der Waals surface area contributed by atoms with E-state index in [1.807, 2.05) is 6.07 Å². The summed E-state index contributed by atoms with van der Waals surface area (Å²) in [5, 5.41) is 3.40. The van der Waals surface area contributed by atoms with Gasteiger partial charge in [0, 0.05) is 12.6 Å². The number of benzene rings is 1. The first kappa shape index (κ1) is 9.49. The second-order valence-electron chi connectivity index (χ2n) is 3.56. The third-order valence-electron chi connectivity index (χ3n) is 2.75. The molecule has 1 aliphatic heterocycles. The molecule has 0 fully saturated rings. The van der Waals surface area contributed by atoms with Gasteiger partial charge in [-0.05, 0) is 36.2 Å². The summed E-state index contributed by atoms with van der Waals surface area (Å²) in [4.78, 5) is 0. The van der Waals surface area contributed by atoms with Crippen molar-refractivity contribution in [3.05, 3.63) is 29.3 Å². The Labute approximate surface area is 84.3 Å². The van der Waals surface area contributed by atoms with Gasteiger partial charge in [-0.2, -0.15) is 0 Å². The molecule has 1 aromatic carbocycles. The maximum Gasteiger partial charge on any atom is 0.119 e. The van der Waals surface area contributed by atoms with E-state index in [9.17, 15) is 0 Å². The zero-order chi connectivity index (χ0) is 9.97. The molecule has 0 aromatic heterocycles. The molecule has 0 radical (unpaired) electrons. The van der Waals surface area contributed by atoms with Crippen LogP contribution in [0.3, 0.4) is 0 Å². The Morgan fingerprint density at radius 2 is 2.43 bits per heavy atom. The molecule has 0 spiro atoms. The summed E-state index contributed by atoms with van der Waals surface area (Å²) in [5.41, 5.74) is 8.39. The minimum Gasteiger partial charge on any atom is -0.497 e. The molecule has 0 saturated heterocycles. The Bertz CT molecular complexity index is 325. The van der Waals surface area contributed by atoms with E-state index in [0.29, 0.717) is 6.54 Å². The number of methoxy groups -OCH3 is 1. The van der Waals surface area contributed by atoms with Crippen molar-refractivity contribution in [2.24, 2.45) is 5.73 Å². The Morgan fingerprint density at radius 3 is 3.14 bits per heavy atom. The van der Waals surface area contributed by atoms with E-state index in [-0.39, 0.29) is 6.04 Å². The van der Waals surface area contributed by atoms with Crippen LogP contribution in [0.5, 0.6) is 5.75 Å². The van der Waals surface area contributed by atoms with Crippen LogP contribution in [0.4, 0.5) is 0 Å². The van der Waals surface area contributed by atoms with Crippen molar-refractivity contribution >= 4 is 0 Å². The largest absolute Gasteiger partial charge is 0.497 e. The van der Waals surface area contributed by atoms with Crippen LogP contribution in [0.15, 0.2) is 18.2 Å². The zero-order valence-corrected chi connectivity index (χ0v) is 8.42. The highest BCUT2D eigenvalue weighted by molar-refractivity contribution is 5.39. The number of ether oxygens (including phenoxy) is 1. The first-order valence-corrected chi connectivity index (χ1v) is 4.95. The molecule has 1 unspecified atom stereocenters. The van der Waals surface area contributed by atoms with Gasteiger partial charge in [0.1, 0.15) is 5.75 Å². The lowest BCUT2D eigenvalue weighted by Crippen LogP contribution is -2.34. The molecule has 14 heavy (non-hydrogen) atoms. The van der Waals surface area contributed by atoms with Crippen molar-refractivity contribution in [2.75, 3.05) is 20.2 Å². The normalized spacial score (nSPS) is 20.3. The molecule has 1 aromatic rings. The van der Waals surface area contributed by atoms with E-state index in [1.165, 1.54) is 11.1 Å². The van der Waals surface area contributed by atoms with Crippen LogP contribution in [-0.2, 0) is 6.42 Å². The number of hydrogen-bond donors (Lipinski definition) is 2. The van der Waals surface area contributed by atoms with E-state index in [1.54, 1.807) is 7.11 Å². The van der Waals surface area contributed by atoms with Gasteiger partial charge in [0.15, 0.2) is 0 Å². The predicted octanol–water partition coefficient (Wildman–Crippen LogP) is 0.841. The molecule has 1 atom stereocenters. The molecule has 0 aliphatic carbocycles. The lowest BCUT2D eigenvalue weighted by molar-refractivity contribution is 0.411. The van der Waals surface area contributed by atoms with Crippen molar-refractivity contribution in [1.29, 1.82) is 0 Å². The summed E-state index contributed by atoms with van der Waals surface area (Å²) >= 11 is 0. The molecule has 3 heteroatoms. The lowest BCUT2D eigenvalue weighted by Gasteiger charge is -2.26. The van der Waals surface area contributed by atoms with Crippen molar-refractivity contribution in [3.8, 4) is 5.75 Å². The van der Waals surface area contributed by atoms with Gasteiger partial charge >= 0.3 is 0 Å². The molecule has 76 valence electrons. The molecule has 3 N–H and O–H groups in total. The first-order valence-electron chi connectivity index (χ1n) is 4.95. The van der Waals surface area contributed by atoms with Crippen molar-refractivity contribution in [3.63, 3.8) is 0 Å². The summed E-state index contributed by atoms with van der Waals surface area (Å²) < 4.78 is 5.20. The maximum atomic E-state index is 5.71. The van der Waals surface area contributed by atoms with Gasteiger partial charge in [-0.3, -0.25) is 0 Å². The van der Waals surface area contributed by atoms with Gasteiger partial charge in [0.2, 0.25) is 0 Å². The van der Waals surface area contributed by atoms with Crippen LogP contribution in [-0.4, -0.2) is 20.2 Å². The lowest BCUT2D eigenvalue weighted by atomic mass is 9.94. The second-order valence-corrected chi connectivity index (χ2v) is 3.56. The van der Waals surface area contributed by atoms with Crippen molar-refractivity contribution in [1.82, 2.24) is 5.32 Å². The SMILES string of the molecule is COc1ccc2c(c1)C(CN)NCC2. The number of nitrogens with one attached hydrogen (secondary N) is 1. The smallest absolute Gasteiger partial charge is 0.119 e. The minimum absolute atomic E-state index is 0.286.